The molecule has 3 heterocycles. The molecule has 0 spiro atoms. The summed E-state index contributed by atoms with van der Waals surface area (Å²) in [6, 6.07) is 0.155. The molecule has 0 atom stereocenters. The van der Waals surface area contributed by atoms with Gasteiger partial charge in [-0.2, -0.15) is 0 Å². The average Bonchev–Trinajstić information content (AvgIpc) is 2.99. The van der Waals surface area contributed by atoms with E-state index in [9.17, 15) is 10.4 Å². The molecule has 7 nitrogen and oxygen atoms in total. The first-order chi connectivity index (χ1) is 12.2. The van der Waals surface area contributed by atoms with E-state index in [1.54, 1.807) is 0 Å². The van der Waals surface area contributed by atoms with Crippen LogP contribution in [0.3, 0.4) is 0 Å². The summed E-state index contributed by atoms with van der Waals surface area (Å²) in [6.07, 6.45) is 5.09. The monoisotopic (exact) mass is 377 g/mol. The molecule has 2 radical (unpaired) electrons. The summed E-state index contributed by atoms with van der Waals surface area (Å²) in [5.41, 5.74) is -0.751. The summed E-state index contributed by atoms with van der Waals surface area (Å²) >= 11 is 0. The van der Waals surface area contributed by atoms with Crippen LogP contribution in [0, 0.1) is 0 Å². The lowest BCUT2D eigenvalue weighted by molar-refractivity contribution is -0.293. The lowest BCUT2D eigenvalue weighted by Gasteiger charge is -2.50. The van der Waals surface area contributed by atoms with Crippen LogP contribution in [0.5, 0.6) is 0 Å². The highest BCUT2D eigenvalue weighted by atomic mass is 16.5. The van der Waals surface area contributed by atoms with E-state index in [1.165, 1.54) is 10.1 Å². The third kappa shape index (κ3) is 3.67. The van der Waals surface area contributed by atoms with E-state index in [1.807, 2.05) is 60.1 Å². The molecule has 2 fully saturated rings. The van der Waals surface area contributed by atoms with Gasteiger partial charge in [-0.1, -0.05) is 5.21 Å². The largest absolute Gasteiger partial charge is 0.249 e. The molecule has 152 valence electrons. The van der Waals surface area contributed by atoms with E-state index in [0.717, 1.165) is 31.4 Å². The second kappa shape index (κ2) is 6.24. The van der Waals surface area contributed by atoms with Crippen LogP contribution < -0.4 is 0 Å². The van der Waals surface area contributed by atoms with Gasteiger partial charge in [-0.15, -0.1) is 25.6 Å². The Morgan fingerprint density at radius 3 is 1.63 bits per heavy atom. The molecule has 3 rings (SSSR count). The first-order valence-electron chi connectivity index (χ1n) is 10.0. The number of rotatable bonds is 2. The van der Waals surface area contributed by atoms with Crippen LogP contribution in [0.4, 0.5) is 0 Å². The van der Waals surface area contributed by atoms with Crippen molar-refractivity contribution in [3.8, 4) is 0 Å². The van der Waals surface area contributed by atoms with Crippen molar-refractivity contribution in [2.24, 2.45) is 0 Å². The predicted octanol–water partition coefficient (Wildman–Crippen LogP) is 3.90. The summed E-state index contributed by atoms with van der Waals surface area (Å²) in [5.74, 6) is 0.217. The molecule has 0 unspecified atom stereocenters. The molecule has 1 aromatic heterocycles. The lowest BCUT2D eigenvalue weighted by atomic mass is 9.74. The minimum Gasteiger partial charge on any atom is -0.249 e. The van der Waals surface area contributed by atoms with Gasteiger partial charge < -0.3 is 0 Å². The average molecular weight is 378 g/mol. The van der Waals surface area contributed by atoms with Crippen molar-refractivity contribution in [3.63, 3.8) is 0 Å². The van der Waals surface area contributed by atoms with Crippen LogP contribution in [0.15, 0.2) is 6.20 Å². The Balaban J connectivity index is 1.83. The minimum atomic E-state index is -0.434. The number of piperidine rings is 2. The zero-order chi connectivity index (χ0) is 20.4. The van der Waals surface area contributed by atoms with Crippen molar-refractivity contribution < 1.29 is 10.4 Å². The molecular formula is C20H35N5O2. The van der Waals surface area contributed by atoms with Gasteiger partial charge in [0.15, 0.2) is 0 Å². The van der Waals surface area contributed by atoms with Gasteiger partial charge in [0.1, 0.15) is 0 Å². The van der Waals surface area contributed by atoms with Crippen LogP contribution in [0.25, 0.3) is 0 Å². The van der Waals surface area contributed by atoms with E-state index in [-0.39, 0.29) is 12.0 Å². The van der Waals surface area contributed by atoms with Crippen molar-refractivity contribution in [1.82, 2.24) is 25.1 Å². The smallest absolute Gasteiger partial charge is 0.0859 e. The number of hydrogen-bond donors (Lipinski definition) is 0. The maximum Gasteiger partial charge on any atom is 0.0859 e. The van der Waals surface area contributed by atoms with Crippen LogP contribution in [-0.4, -0.2) is 47.3 Å². The van der Waals surface area contributed by atoms with Crippen LogP contribution >= 0.6 is 0 Å². The first-order valence-corrected chi connectivity index (χ1v) is 10.0. The van der Waals surface area contributed by atoms with E-state index in [4.69, 9.17) is 0 Å². The molecule has 0 amide bonds. The fraction of sp³-hybridized carbons (Fsp3) is 0.900. The summed E-state index contributed by atoms with van der Waals surface area (Å²) < 4.78 is 1.95. The fourth-order valence-corrected chi connectivity index (χ4v) is 5.53. The zero-order valence-electron chi connectivity index (χ0n) is 18.1. The minimum absolute atomic E-state index is 0.155. The van der Waals surface area contributed by atoms with Crippen molar-refractivity contribution in [2.75, 3.05) is 0 Å². The van der Waals surface area contributed by atoms with Gasteiger partial charge in [0.2, 0.25) is 0 Å². The van der Waals surface area contributed by atoms with Crippen molar-refractivity contribution in [1.29, 1.82) is 0 Å². The van der Waals surface area contributed by atoms with Crippen molar-refractivity contribution in [3.05, 3.63) is 11.9 Å². The predicted molar refractivity (Wildman–Crippen MR) is 102 cm³/mol. The lowest BCUT2D eigenvalue weighted by Crippen LogP contribution is -2.58. The van der Waals surface area contributed by atoms with Gasteiger partial charge >= 0.3 is 0 Å². The quantitative estimate of drug-likeness (QED) is 0.783. The molecule has 1 aromatic rings. The normalized spacial score (nSPS) is 29.1. The Morgan fingerprint density at radius 2 is 1.19 bits per heavy atom. The molecule has 27 heavy (non-hydrogen) atoms. The molecular weight excluding hydrogens is 342 g/mol. The fourth-order valence-electron chi connectivity index (χ4n) is 5.53. The number of hydroxylamine groups is 4. The molecule has 2 aliphatic rings. The summed E-state index contributed by atoms with van der Waals surface area (Å²) in [6.45, 7) is 16.0. The van der Waals surface area contributed by atoms with Gasteiger partial charge in [-0.3, -0.25) is 0 Å². The topological polar surface area (TPSA) is 77.0 Å². The number of aromatic nitrogens is 3. The Bertz CT molecular complexity index is 602. The molecule has 0 aliphatic carbocycles. The van der Waals surface area contributed by atoms with E-state index < -0.39 is 22.2 Å². The molecule has 2 aliphatic heterocycles. The molecule has 0 aromatic carbocycles. The van der Waals surface area contributed by atoms with Gasteiger partial charge in [0.25, 0.3) is 0 Å². The maximum absolute atomic E-state index is 12.6. The molecule has 2 saturated heterocycles. The maximum atomic E-state index is 12.6. The molecule has 0 bridgehead atoms. The Labute approximate surface area is 163 Å². The SMILES string of the molecule is CC1(C)CC(c2cn(C3CC(C)(C)N([O])C(C)(C)C3)nn2)CC(C)(C)N1[O]. The first kappa shape index (κ1) is 20.7. The van der Waals surface area contributed by atoms with Gasteiger partial charge in [0.05, 0.1) is 11.7 Å². The number of nitrogens with zero attached hydrogens (tertiary/aromatic N) is 5. The summed E-state index contributed by atoms with van der Waals surface area (Å²) in [7, 11) is 0. The van der Waals surface area contributed by atoms with Crippen LogP contribution in [-0.2, 0) is 10.4 Å². The highest BCUT2D eigenvalue weighted by molar-refractivity contribution is 5.11. The summed E-state index contributed by atoms with van der Waals surface area (Å²) in [5, 5.41) is 36.6. The second-order valence-corrected chi connectivity index (χ2v) is 11.1. The Kier molecular flexibility index (Phi) is 4.79. The van der Waals surface area contributed by atoms with Crippen molar-refractivity contribution >= 4 is 0 Å². The van der Waals surface area contributed by atoms with Gasteiger partial charge in [-0.05, 0) is 81.1 Å². The Morgan fingerprint density at radius 1 is 0.778 bits per heavy atom. The molecule has 0 N–H and O–H groups in total. The third-order valence-corrected chi connectivity index (χ3v) is 6.48. The van der Waals surface area contributed by atoms with Crippen LogP contribution in [0.1, 0.15) is 98.7 Å². The second-order valence-electron chi connectivity index (χ2n) is 11.1. The van der Waals surface area contributed by atoms with Gasteiger partial charge in [-0.25, -0.2) is 4.68 Å². The van der Waals surface area contributed by atoms with E-state index in [0.29, 0.717) is 0 Å². The Hall–Kier alpha value is -1.02. The highest BCUT2D eigenvalue weighted by Gasteiger charge is 2.49. The summed E-state index contributed by atoms with van der Waals surface area (Å²) in [4.78, 5) is 0. The van der Waals surface area contributed by atoms with Crippen LogP contribution in [0.2, 0.25) is 0 Å². The molecule has 7 heteroatoms. The van der Waals surface area contributed by atoms with E-state index >= 15 is 0 Å². The highest BCUT2D eigenvalue weighted by Crippen LogP contribution is 2.45. The molecule has 0 saturated carbocycles. The van der Waals surface area contributed by atoms with Gasteiger partial charge in [0, 0.05) is 34.3 Å². The van der Waals surface area contributed by atoms with E-state index in [2.05, 4.69) is 16.5 Å². The van der Waals surface area contributed by atoms with Crippen molar-refractivity contribution in [2.45, 2.75) is 115 Å². The standard InChI is InChI=1S/C20H35N5O2/c1-17(2)9-14(10-18(3,4)24(17)26)16-13-23(22-21-16)15-11-19(5,6)25(27)20(7,8)12-15/h13-15H,9-12H2,1-8H3. The zero-order valence-corrected chi connectivity index (χ0v) is 18.1. The third-order valence-electron chi connectivity index (χ3n) is 6.48. The number of hydrogen-bond acceptors (Lipinski definition) is 4.